The van der Waals surface area contributed by atoms with Crippen LogP contribution < -0.4 is 10.7 Å². The number of halogens is 3. The van der Waals surface area contributed by atoms with Crippen molar-refractivity contribution in [3.63, 3.8) is 0 Å². The first-order valence-corrected chi connectivity index (χ1v) is 10.4. The SMILES string of the molecule is C/C(=C1/C(=O)N(c2cc(C)cc(C)c2)c2cc(C(F)(F)F)ccc21)N(N)C(=O)CCN(C)C. The van der Waals surface area contributed by atoms with Gasteiger partial charge in [0.15, 0.2) is 0 Å². The number of hydrogen-bond donors (Lipinski definition) is 1. The Hall–Kier alpha value is -3.17. The van der Waals surface area contributed by atoms with Gasteiger partial charge in [0.2, 0.25) is 5.91 Å². The maximum absolute atomic E-state index is 13.6. The average molecular weight is 461 g/mol. The van der Waals surface area contributed by atoms with E-state index in [0.717, 1.165) is 28.3 Å². The molecule has 2 N–H and O–H groups in total. The fourth-order valence-corrected chi connectivity index (χ4v) is 3.87. The molecule has 0 saturated carbocycles. The number of benzene rings is 2. The van der Waals surface area contributed by atoms with Crippen LogP contribution in [0.1, 0.15) is 35.6 Å². The molecule has 0 aromatic heterocycles. The highest BCUT2D eigenvalue weighted by molar-refractivity contribution is 6.35. The summed E-state index contributed by atoms with van der Waals surface area (Å²) < 4.78 is 40.4. The van der Waals surface area contributed by atoms with E-state index in [0.29, 0.717) is 17.8 Å². The maximum Gasteiger partial charge on any atom is 0.416 e. The zero-order valence-corrected chi connectivity index (χ0v) is 19.2. The van der Waals surface area contributed by atoms with Gasteiger partial charge in [0.1, 0.15) is 0 Å². The summed E-state index contributed by atoms with van der Waals surface area (Å²) >= 11 is 0. The highest BCUT2D eigenvalue weighted by atomic mass is 19.4. The molecule has 0 saturated heterocycles. The number of allylic oxidation sites excluding steroid dienone is 1. The number of rotatable bonds is 5. The number of carbonyl (C=O) groups excluding carboxylic acids is 2. The molecule has 1 heterocycles. The zero-order chi connectivity index (χ0) is 24.7. The number of aryl methyl sites for hydroxylation is 2. The first-order valence-electron chi connectivity index (χ1n) is 10.4. The van der Waals surface area contributed by atoms with Gasteiger partial charge in [0, 0.05) is 29.9 Å². The van der Waals surface area contributed by atoms with Crippen LogP contribution >= 0.6 is 0 Å². The van der Waals surface area contributed by atoms with E-state index in [1.165, 1.54) is 17.9 Å². The number of fused-ring (bicyclic) bond motifs is 1. The Balaban J connectivity index is 2.17. The molecule has 0 atom stereocenters. The normalized spacial score (nSPS) is 15.2. The number of amides is 2. The summed E-state index contributed by atoms with van der Waals surface area (Å²) in [5, 5.41) is 0.906. The molecule has 0 fully saturated rings. The van der Waals surface area contributed by atoms with Gasteiger partial charge < -0.3 is 4.90 Å². The van der Waals surface area contributed by atoms with Crippen molar-refractivity contribution in [3.05, 3.63) is 64.3 Å². The molecule has 1 aliphatic rings. The lowest BCUT2D eigenvalue weighted by Gasteiger charge is -2.21. The number of alkyl halides is 3. The van der Waals surface area contributed by atoms with Gasteiger partial charge in [0.05, 0.1) is 16.8 Å². The summed E-state index contributed by atoms with van der Waals surface area (Å²) in [4.78, 5) is 29.2. The molecule has 0 spiro atoms. The number of carbonyl (C=O) groups is 2. The third-order valence-corrected chi connectivity index (χ3v) is 5.48. The molecular weight excluding hydrogens is 433 g/mol. The van der Waals surface area contributed by atoms with Crippen molar-refractivity contribution in [1.29, 1.82) is 0 Å². The Labute approximate surface area is 191 Å². The molecule has 0 bridgehead atoms. The lowest BCUT2D eigenvalue weighted by atomic mass is 10.0. The van der Waals surface area contributed by atoms with E-state index in [1.807, 2.05) is 38.9 Å². The van der Waals surface area contributed by atoms with E-state index in [1.54, 1.807) is 12.1 Å². The number of nitrogens with zero attached hydrogens (tertiary/aromatic N) is 3. The molecule has 2 aromatic carbocycles. The lowest BCUT2D eigenvalue weighted by Crippen LogP contribution is -2.38. The number of anilines is 2. The van der Waals surface area contributed by atoms with Crippen LogP contribution in [0.2, 0.25) is 0 Å². The van der Waals surface area contributed by atoms with Gasteiger partial charge in [-0.1, -0.05) is 12.1 Å². The highest BCUT2D eigenvalue weighted by Gasteiger charge is 2.39. The number of nitrogens with two attached hydrogens (primary N) is 1. The summed E-state index contributed by atoms with van der Waals surface area (Å²) in [7, 11) is 3.63. The minimum absolute atomic E-state index is 0.0959. The van der Waals surface area contributed by atoms with Gasteiger partial charge in [-0.3, -0.25) is 19.5 Å². The van der Waals surface area contributed by atoms with Gasteiger partial charge >= 0.3 is 6.18 Å². The van der Waals surface area contributed by atoms with E-state index in [9.17, 15) is 22.8 Å². The average Bonchev–Trinajstić information content (AvgIpc) is 3.00. The van der Waals surface area contributed by atoms with E-state index in [-0.39, 0.29) is 23.4 Å². The molecule has 176 valence electrons. The van der Waals surface area contributed by atoms with Crippen molar-refractivity contribution in [2.24, 2.45) is 5.84 Å². The second-order valence-electron chi connectivity index (χ2n) is 8.49. The summed E-state index contributed by atoms with van der Waals surface area (Å²) in [6, 6.07) is 8.52. The Bertz CT molecular complexity index is 1120. The fraction of sp³-hybridized carbons (Fsp3) is 0.333. The molecule has 2 amide bonds. The predicted octanol–water partition coefficient (Wildman–Crippen LogP) is 4.39. The van der Waals surface area contributed by atoms with Crippen LogP contribution in [-0.4, -0.2) is 42.4 Å². The Kier molecular flexibility index (Phi) is 6.67. The minimum Gasteiger partial charge on any atom is -0.309 e. The summed E-state index contributed by atoms with van der Waals surface area (Å²) in [6.45, 7) is 5.67. The van der Waals surface area contributed by atoms with E-state index in [4.69, 9.17) is 5.84 Å². The lowest BCUT2D eigenvalue weighted by molar-refractivity contribution is -0.137. The van der Waals surface area contributed by atoms with Crippen molar-refractivity contribution >= 4 is 28.8 Å². The van der Waals surface area contributed by atoms with Gasteiger partial charge in [-0.05, 0) is 70.3 Å². The van der Waals surface area contributed by atoms with Crippen molar-refractivity contribution in [2.45, 2.75) is 33.4 Å². The highest BCUT2D eigenvalue weighted by Crippen LogP contribution is 2.45. The van der Waals surface area contributed by atoms with Crippen molar-refractivity contribution in [3.8, 4) is 0 Å². The molecule has 2 aromatic rings. The summed E-state index contributed by atoms with van der Waals surface area (Å²) in [6.07, 6.45) is -4.45. The molecule has 3 rings (SSSR count). The topological polar surface area (TPSA) is 69.9 Å². The van der Waals surface area contributed by atoms with Gasteiger partial charge in [-0.15, -0.1) is 0 Å². The smallest absolute Gasteiger partial charge is 0.309 e. The maximum atomic E-state index is 13.6. The monoisotopic (exact) mass is 460 g/mol. The summed E-state index contributed by atoms with van der Waals surface area (Å²) in [5.41, 5.74) is 1.97. The molecule has 33 heavy (non-hydrogen) atoms. The molecule has 9 heteroatoms. The molecule has 0 aliphatic carbocycles. The molecule has 0 radical (unpaired) electrons. The zero-order valence-electron chi connectivity index (χ0n) is 19.2. The van der Waals surface area contributed by atoms with Crippen LogP contribution in [-0.2, 0) is 15.8 Å². The second kappa shape index (κ2) is 8.99. The van der Waals surface area contributed by atoms with Crippen LogP contribution in [0.3, 0.4) is 0 Å². The Morgan fingerprint density at radius 2 is 1.67 bits per heavy atom. The van der Waals surface area contributed by atoms with E-state index >= 15 is 0 Å². The number of hydrazine groups is 1. The van der Waals surface area contributed by atoms with Gasteiger partial charge in [-0.2, -0.15) is 13.2 Å². The van der Waals surface area contributed by atoms with Gasteiger partial charge in [-0.25, -0.2) is 5.84 Å². The van der Waals surface area contributed by atoms with Crippen LogP contribution in [0.15, 0.2) is 42.1 Å². The van der Waals surface area contributed by atoms with Crippen molar-refractivity contribution in [1.82, 2.24) is 9.91 Å². The standard InChI is InChI=1S/C24H27F3N4O2/c1-14-10-15(2)12-18(11-14)30-20-13-17(24(25,26)27)6-7-19(20)22(23(30)33)16(3)31(28)21(32)8-9-29(4)5/h6-7,10-13H,8-9,28H2,1-5H3/b22-16-. The molecule has 0 unspecified atom stereocenters. The quantitative estimate of drug-likeness (QED) is 0.311. The first-order chi connectivity index (χ1) is 15.3. The van der Waals surface area contributed by atoms with Gasteiger partial charge in [0.25, 0.3) is 5.91 Å². The fourth-order valence-electron chi connectivity index (χ4n) is 3.87. The second-order valence-corrected chi connectivity index (χ2v) is 8.49. The molecular formula is C24H27F3N4O2. The van der Waals surface area contributed by atoms with Crippen LogP contribution in [0, 0.1) is 13.8 Å². The van der Waals surface area contributed by atoms with Crippen LogP contribution in [0.5, 0.6) is 0 Å². The number of hydrogen-bond acceptors (Lipinski definition) is 4. The molecule has 1 aliphatic heterocycles. The largest absolute Gasteiger partial charge is 0.416 e. The third-order valence-electron chi connectivity index (χ3n) is 5.48. The first kappa shape index (κ1) is 24.5. The molecule has 6 nitrogen and oxygen atoms in total. The minimum atomic E-state index is -4.57. The predicted molar refractivity (Wildman–Crippen MR) is 121 cm³/mol. The van der Waals surface area contributed by atoms with E-state index in [2.05, 4.69) is 0 Å². The Morgan fingerprint density at radius 1 is 1.06 bits per heavy atom. The Morgan fingerprint density at radius 3 is 2.21 bits per heavy atom. The van der Waals surface area contributed by atoms with Crippen LogP contribution in [0.4, 0.5) is 24.5 Å². The third kappa shape index (κ3) is 4.94. The summed E-state index contributed by atoms with van der Waals surface area (Å²) in [5.74, 6) is 5.09. The van der Waals surface area contributed by atoms with E-state index < -0.39 is 23.6 Å². The van der Waals surface area contributed by atoms with Crippen molar-refractivity contribution in [2.75, 3.05) is 25.5 Å². The van der Waals surface area contributed by atoms with Crippen molar-refractivity contribution < 1.29 is 22.8 Å². The van der Waals surface area contributed by atoms with Crippen LogP contribution in [0.25, 0.3) is 5.57 Å².